The zero-order valence-electron chi connectivity index (χ0n) is 12.9. The molecule has 0 spiro atoms. The summed E-state index contributed by atoms with van der Waals surface area (Å²) in [4.78, 5) is 11.7. The molecule has 4 fully saturated rings. The van der Waals surface area contributed by atoms with Crippen LogP contribution in [0.15, 0.2) is 12.7 Å². The van der Waals surface area contributed by atoms with E-state index >= 15 is 0 Å². The molecule has 22 heavy (non-hydrogen) atoms. The van der Waals surface area contributed by atoms with Gasteiger partial charge in [-0.2, -0.15) is 13.2 Å². The highest BCUT2D eigenvalue weighted by molar-refractivity contribution is 5.81. The molecule has 0 heterocycles. The van der Waals surface area contributed by atoms with E-state index in [9.17, 15) is 18.0 Å². The number of carbonyl (C=O) groups excluding carboxylic acids is 1. The smallest absolute Gasteiger partial charge is 0.392 e. The average molecular weight is 316 g/mol. The number of halogens is 3. The molecule has 0 radical (unpaired) electrons. The summed E-state index contributed by atoms with van der Waals surface area (Å²) in [5.74, 6) is 0.756. The second kappa shape index (κ2) is 5.00. The Morgan fingerprint density at radius 3 is 2.00 bits per heavy atom. The molecule has 1 atom stereocenters. The molecule has 0 amide bonds. The molecule has 0 saturated heterocycles. The molecular weight excluding hydrogens is 293 g/mol. The first kappa shape index (κ1) is 15.9. The molecule has 4 aliphatic carbocycles. The van der Waals surface area contributed by atoms with Crippen LogP contribution in [0, 0.1) is 23.2 Å². The molecule has 0 N–H and O–H groups in total. The van der Waals surface area contributed by atoms with Crippen molar-refractivity contribution in [2.75, 3.05) is 0 Å². The van der Waals surface area contributed by atoms with Gasteiger partial charge < -0.3 is 4.74 Å². The number of rotatable bonds is 4. The zero-order chi connectivity index (χ0) is 16.2. The van der Waals surface area contributed by atoms with Gasteiger partial charge in [-0.15, -0.1) is 0 Å². The van der Waals surface area contributed by atoms with Gasteiger partial charge >= 0.3 is 12.1 Å². The first-order valence-electron chi connectivity index (χ1n) is 8.07. The summed E-state index contributed by atoms with van der Waals surface area (Å²) < 4.78 is 44.9. The van der Waals surface area contributed by atoms with Crippen LogP contribution in [0.25, 0.3) is 0 Å². The number of hydrogen-bond donors (Lipinski definition) is 0. The molecule has 0 aromatic carbocycles. The summed E-state index contributed by atoms with van der Waals surface area (Å²) in [6.45, 7) is 4.83. The minimum absolute atomic E-state index is 0.501. The number of esters is 1. The summed E-state index contributed by atoms with van der Waals surface area (Å²) in [6.07, 6.45) is 1.24. The second-order valence-corrected chi connectivity index (χ2v) is 7.85. The van der Waals surface area contributed by atoms with Crippen molar-refractivity contribution in [3.8, 4) is 0 Å². The van der Waals surface area contributed by atoms with Gasteiger partial charge in [-0.1, -0.05) is 6.58 Å². The van der Waals surface area contributed by atoms with Gasteiger partial charge in [0.1, 0.15) is 5.60 Å². The van der Waals surface area contributed by atoms with Crippen LogP contribution in [0.1, 0.15) is 51.9 Å². The average Bonchev–Trinajstić information content (AvgIpc) is 2.34. The van der Waals surface area contributed by atoms with Crippen LogP contribution in [0.3, 0.4) is 0 Å². The van der Waals surface area contributed by atoms with Crippen LogP contribution < -0.4 is 0 Å². The van der Waals surface area contributed by atoms with E-state index in [1.807, 2.05) is 0 Å². The van der Waals surface area contributed by atoms with Gasteiger partial charge in [0.2, 0.25) is 0 Å². The topological polar surface area (TPSA) is 26.3 Å². The highest BCUT2D eigenvalue weighted by Crippen LogP contribution is 2.65. The van der Waals surface area contributed by atoms with E-state index in [0.717, 1.165) is 44.6 Å². The molecular formula is C17H23F3O2. The Labute approximate surface area is 129 Å². The molecule has 0 aromatic heterocycles. The van der Waals surface area contributed by atoms with Crippen LogP contribution in [-0.4, -0.2) is 17.7 Å². The lowest BCUT2D eigenvalue weighted by Gasteiger charge is -2.62. The Kier molecular flexibility index (Phi) is 3.61. The van der Waals surface area contributed by atoms with Gasteiger partial charge in [-0.05, 0) is 63.2 Å². The normalized spacial score (nSPS) is 39.4. The lowest BCUT2D eigenvalue weighted by Crippen LogP contribution is -2.59. The molecule has 0 aliphatic heterocycles. The minimum Gasteiger partial charge on any atom is -0.455 e. The lowest BCUT2D eigenvalue weighted by atomic mass is 9.45. The summed E-state index contributed by atoms with van der Waals surface area (Å²) in [5.41, 5.74) is -2.00. The zero-order valence-corrected chi connectivity index (χ0v) is 12.9. The van der Waals surface area contributed by atoms with E-state index in [4.69, 9.17) is 4.74 Å². The van der Waals surface area contributed by atoms with Crippen LogP contribution in [0.5, 0.6) is 0 Å². The molecule has 4 bridgehead atoms. The second-order valence-electron chi connectivity index (χ2n) is 7.85. The van der Waals surface area contributed by atoms with E-state index < -0.39 is 29.6 Å². The van der Waals surface area contributed by atoms with Crippen LogP contribution in [0.2, 0.25) is 0 Å². The van der Waals surface area contributed by atoms with Crippen molar-refractivity contribution in [3.05, 3.63) is 12.7 Å². The third-order valence-electron chi connectivity index (χ3n) is 6.19. The van der Waals surface area contributed by atoms with Gasteiger partial charge in [-0.3, -0.25) is 0 Å². The maximum Gasteiger partial charge on any atom is 0.392 e. The number of hydrogen-bond acceptors (Lipinski definition) is 2. The van der Waals surface area contributed by atoms with Gasteiger partial charge in [0.15, 0.2) is 0 Å². The lowest BCUT2D eigenvalue weighted by molar-refractivity contribution is -0.241. The molecule has 124 valence electrons. The fourth-order valence-electron chi connectivity index (χ4n) is 5.74. The minimum atomic E-state index is -4.35. The van der Waals surface area contributed by atoms with Crippen molar-refractivity contribution in [1.82, 2.24) is 0 Å². The highest BCUT2D eigenvalue weighted by Gasteiger charge is 2.62. The van der Waals surface area contributed by atoms with Gasteiger partial charge in [-0.25, -0.2) is 4.79 Å². The van der Waals surface area contributed by atoms with Gasteiger partial charge in [0, 0.05) is 11.5 Å². The number of ether oxygens (including phenoxy) is 1. The Hall–Kier alpha value is -1.00. The molecule has 4 aliphatic rings. The predicted molar refractivity (Wildman–Crippen MR) is 76.0 cm³/mol. The summed E-state index contributed by atoms with van der Waals surface area (Å²) in [7, 11) is 0. The van der Waals surface area contributed by atoms with Gasteiger partial charge in [0.25, 0.3) is 0 Å². The van der Waals surface area contributed by atoms with E-state index in [2.05, 4.69) is 6.58 Å². The Morgan fingerprint density at radius 1 is 1.18 bits per heavy atom. The number of alkyl halides is 3. The third-order valence-corrected chi connectivity index (χ3v) is 6.19. The summed E-state index contributed by atoms with van der Waals surface area (Å²) in [5, 5.41) is 0. The first-order chi connectivity index (χ1) is 10.1. The molecule has 4 saturated carbocycles. The molecule has 1 unspecified atom stereocenters. The van der Waals surface area contributed by atoms with E-state index in [1.54, 1.807) is 0 Å². The van der Waals surface area contributed by atoms with Crippen molar-refractivity contribution < 1.29 is 22.7 Å². The van der Waals surface area contributed by atoms with Crippen molar-refractivity contribution in [2.45, 2.75) is 63.6 Å². The fraction of sp³-hybridized carbons (Fsp3) is 0.824. The summed E-state index contributed by atoms with van der Waals surface area (Å²) >= 11 is 0. The van der Waals surface area contributed by atoms with Gasteiger partial charge in [0.05, 0.1) is 6.42 Å². The van der Waals surface area contributed by atoms with E-state index in [0.29, 0.717) is 17.8 Å². The maximum absolute atomic E-state index is 13.2. The summed E-state index contributed by atoms with van der Waals surface area (Å²) in [6, 6.07) is 0. The van der Waals surface area contributed by atoms with Crippen molar-refractivity contribution in [1.29, 1.82) is 0 Å². The third kappa shape index (κ3) is 2.67. The Balaban J connectivity index is 1.94. The fourth-order valence-corrected chi connectivity index (χ4v) is 5.74. The van der Waals surface area contributed by atoms with Crippen LogP contribution >= 0.6 is 0 Å². The molecule has 5 heteroatoms. The molecule has 2 nitrogen and oxygen atoms in total. The predicted octanol–water partition coefficient (Wildman–Crippen LogP) is 4.64. The van der Waals surface area contributed by atoms with E-state index in [1.165, 1.54) is 6.92 Å². The van der Waals surface area contributed by atoms with E-state index in [-0.39, 0.29) is 0 Å². The van der Waals surface area contributed by atoms with Crippen LogP contribution in [0.4, 0.5) is 13.2 Å². The monoisotopic (exact) mass is 316 g/mol. The SMILES string of the molecule is C=CC(=O)OC(C)(CC(F)(F)F)C12CC3CC(CC(C3)C1)C2. The Morgan fingerprint density at radius 2 is 1.64 bits per heavy atom. The quantitative estimate of drug-likeness (QED) is 0.558. The highest BCUT2D eigenvalue weighted by atomic mass is 19.4. The standard InChI is InChI=1S/C17H23F3O2/c1-3-14(21)22-15(2,10-17(18,19)20)16-7-11-4-12(8-16)6-13(5-11)9-16/h3,11-13H,1,4-10H2,2H3. The maximum atomic E-state index is 13.2. The molecule has 0 aromatic rings. The first-order valence-corrected chi connectivity index (χ1v) is 8.07. The van der Waals surface area contributed by atoms with Crippen molar-refractivity contribution in [3.63, 3.8) is 0 Å². The van der Waals surface area contributed by atoms with Crippen molar-refractivity contribution >= 4 is 5.97 Å². The Bertz CT molecular complexity index is 448. The largest absolute Gasteiger partial charge is 0.455 e. The van der Waals surface area contributed by atoms with Crippen LogP contribution in [-0.2, 0) is 9.53 Å². The van der Waals surface area contributed by atoms with Crippen molar-refractivity contribution in [2.24, 2.45) is 23.2 Å². The number of carbonyl (C=O) groups is 1. The molecule has 4 rings (SSSR count).